The number of nitrogens with two attached hydrogens (primary N) is 8. The van der Waals surface area contributed by atoms with Crippen molar-refractivity contribution in [2.45, 2.75) is 0 Å². The first-order valence-electron chi connectivity index (χ1n) is 29.9. The minimum atomic E-state index is -1.43. The fraction of sp³-hybridized carbons (Fsp3) is 0. The normalized spacial score (nSPS) is 10.7. The van der Waals surface area contributed by atoms with Crippen LogP contribution in [0.1, 0.15) is 16.7 Å². The molecule has 496 valence electrons. The van der Waals surface area contributed by atoms with Crippen molar-refractivity contribution in [3.05, 3.63) is 253 Å². The SMILES string of the molecule is N=C(N)c1ccc(N)cc1.N=C(N)c1ccc(N=Nc2c(N)ncc3ccc(-c4ccn[nH]4)cc23)cc1.N=C(N)c1ccc(N=Nc2c(N)ncc3ccc(-c4ccn[nH]4)cc23)cc1.Nc1cc2cc(-c3ccn[nH]3)ccc2cn1.Nc1cc2cc(Br)ccc2cn1.OB(O)c1ccn[nH]1. The van der Waals surface area contributed by atoms with Crippen LogP contribution in [-0.4, -0.2) is 95.4 Å². The van der Waals surface area contributed by atoms with Crippen LogP contribution in [0, 0.1) is 16.2 Å². The third kappa shape index (κ3) is 18.3. The summed E-state index contributed by atoms with van der Waals surface area (Å²) in [7, 11) is -1.43. The quantitative estimate of drug-likeness (QED) is 0.0188. The van der Waals surface area contributed by atoms with E-state index in [0.29, 0.717) is 74.0 Å². The summed E-state index contributed by atoms with van der Waals surface area (Å²) in [6.07, 6.45) is 13.6. The van der Waals surface area contributed by atoms with Gasteiger partial charge in [-0.15, -0.1) is 10.2 Å². The Bertz CT molecular complexity index is 5110. The zero-order valence-corrected chi connectivity index (χ0v) is 54.4. The number of amidine groups is 3. The van der Waals surface area contributed by atoms with Crippen molar-refractivity contribution in [3.63, 3.8) is 0 Å². The standard InChI is InChI=1S/2C19H16N8.C12H10N4.C9H7BrN2.C7H9N3.C3H5BN2O2/c2*20-18(21)11-3-5-14(6-4-11)25-27-17-15-9-12(16-7-8-24-26-16)1-2-13(15)10-23-19(17)22;13-12-6-10-5-8(11-3-4-15-16-11)1-2-9(10)7-14-12;10-8-2-1-6-5-12-9(11)4-7(6)3-8;8-6-3-1-5(2-4-6)7(9)10;7-4(8)3-1-2-5-6-3/h2*1-10H,(H3,20,21)(H2,22,23)(H,24,26);1-7H,(H2,13,14)(H,15,16);1-5H,(H2,11,12);1-4H,8H2,(H3,9,10);1-2,7-8H,(H,5,6). The van der Waals surface area contributed by atoms with E-state index in [2.05, 4.69) is 103 Å². The molecule has 0 unspecified atom stereocenters. The highest BCUT2D eigenvalue weighted by Crippen LogP contribution is 2.36. The van der Waals surface area contributed by atoms with Gasteiger partial charge in [0.25, 0.3) is 0 Å². The van der Waals surface area contributed by atoms with Gasteiger partial charge < -0.3 is 55.9 Å². The van der Waals surface area contributed by atoms with Gasteiger partial charge in [0, 0.05) is 125 Å². The third-order valence-corrected chi connectivity index (χ3v) is 15.1. The Morgan fingerprint density at radius 3 is 1.13 bits per heavy atom. The third-order valence-electron chi connectivity index (χ3n) is 14.6. The van der Waals surface area contributed by atoms with E-state index in [-0.39, 0.29) is 17.5 Å². The number of rotatable bonds is 11. The molecule has 0 spiro atoms. The molecule has 0 bridgehead atoms. The molecule has 100 heavy (non-hydrogen) atoms. The van der Waals surface area contributed by atoms with Crippen LogP contribution < -0.4 is 51.5 Å². The molecule has 29 nitrogen and oxygen atoms in total. The number of azo groups is 2. The molecule has 15 rings (SSSR count). The number of aromatic nitrogens is 12. The Kier molecular flexibility index (Phi) is 22.4. The number of aromatic amines is 4. The highest BCUT2D eigenvalue weighted by atomic mass is 79.9. The molecular weight excluding hydrogens is 1330 g/mol. The first kappa shape index (κ1) is 68.9. The van der Waals surface area contributed by atoms with Gasteiger partial charge in [0.05, 0.1) is 34.0 Å². The van der Waals surface area contributed by atoms with Gasteiger partial charge in [-0.2, -0.15) is 30.6 Å². The molecular formula is C69H63BBrN27O2. The largest absolute Gasteiger partial charge is 0.507 e. The first-order chi connectivity index (χ1) is 48.3. The number of pyridine rings is 4. The highest BCUT2D eigenvalue weighted by molar-refractivity contribution is 9.10. The van der Waals surface area contributed by atoms with Crippen molar-refractivity contribution < 1.29 is 10.0 Å². The fourth-order valence-corrected chi connectivity index (χ4v) is 9.76. The van der Waals surface area contributed by atoms with Gasteiger partial charge in [-0.1, -0.05) is 58.4 Å². The van der Waals surface area contributed by atoms with E-state index in [9.17, 15) is 0 Å². The van der Waals surface area contributed by atoms with E-state index in [4.69, 9.17) is 72.1 Å². The van der Waals surface area contributed by atoms with E-state index >= 15 is 0 Å². The van der Waals surface area contributed by atoms with Crippen molar-refractivity contribution in [1.82, 2.24) is 60.7 Å². The minimum Gasteiger partial charge on any atom is -0.422 e. The van der Waals surface area contributed by atoms with Crippen LogP contribution in [0.5, 0.6) is 0 Å². The van der Waals surface area contributed by atoms with Crippen LogP contribution in [0.4, 0.5) is 51.7 Å². The van der Waals surface area contributed by atoms with Crippen molar-refractivity contribution in [2.24, 2.45) is 37.7 Å². The van der Waals surface area contributed by atoms with Crippen LogP contribution >= 0.6 is 15.9 Å². The molecule has 7 aromatic carbocycles. The predicted molar refractivity (Wildman–Crippen MR) is 399 cm³/mol. The predicted octanol–water partition coefficient (Wildman–Crippen LogP) is 11.2. The van der Waals surface area contributed by atoms with Gasteiger partial charge >= 0.3 is 7.12 Å². The smallest absolute Gasteiger partial charge is 0.422 e. The molecule has 25 N–H and O–H groups in total. The molecule has 31 heteroatoms. The molecule has 0 aliphatic rings. The molecule has 0 radical (unpaired) electrons. The van der Waals surface area contributed by atoms with Crippen LogP contribution in [0.25, 0.3) is 76.9 Å². The summed E-state index contributed by atoms with van der Waals surface area (Å²) < 4.78 is 1.06. The molecule has 0 saturated heterocycles. The summed E-state index contributed by atoms with van der Waals surface area (Å²) in [5.74, 6) is 1.77. The average Bonchev–Trinajstić information content (AvgIpc) is 0.964. The first-order valence-corrected chi connectivity index (χ1v) is 30.7. The number of hydrogen-bond donors (Lipinski definition) is 17. The summed E-state index contributed by atoms with van der Waals surface area (Å²) in [5.41, 5.74) is 55.9. The second kappa shape index (κ2) is 32.5. The minimum absolute atomic E-state index is 0.00678. The highest BCUT2D eigenvalue weighted by Gasteiger charge is 2.13. The molecule has 8 heterocycles. The van der Waals surface area contributed by atoms with Crippen LogP contribution in [0.2, 0.25) is 0 Å². The van der Waals surface area contributed by atoms with Gasteiger partial charge in [0.2, 0.25) is 0 Å². The summed E-state index contributed by atoms with van der Waals surface area (Å²) in [6.45, 7) is 0. The summed E-state index contributed by atoms with van der Waals surface area (Å²) >= 11 is 3.40. The molecule has 8 aromatic heterocycles. The number of nitrogens with one attached hydrogen (secondary N) is 7. The van der Waals surface area contributed by atoms with Crippen LogP contribution in [-0.2, 0) is 0 Å². The maximum atomic E-state index is 8.40. The lowest BCUT2D eigenvalue weighted by molar-refractivity contribution is 0.424. The van der Waals surface area contributed by atoms with Crippen molar-refractivity contribution in [2.75, 3.05) is 28.7 Å². The van der Waals surface area contributed by atoms with E-state index in [1.165, 1.54) is 12.3 Å². The van der Waals surface area contributed by atoms with Gasteiger partial charge in [-0.05, 0) is 150 Å². The van der Waals surface area contributed by atoms with E-state index in [1.54, 1.807) is 116 Å². The molecule has 0 fully saturated rings. The Balaban J connectivity index is 0.000000137. The van der Waals surface area contributed by atoms with Gasteiger partial charge in [0.1, 0.15) is 40.5 Å². The number of fused-ring (bicyclic) bond motifs is 4. The zero-order valence-electron chi connectivity index (χ0n) is 52.8. The number of nitrogens with zero attached hydrogens (tertiary/aromatic N) is 12. The Labute approximate surface area is 577 Å². The van der Waals surface area contributed by atoms with Gasteiger partial charge in [-0.25, -0.2) is 19.9 Å². The second-order valence-corrected chi connectivity index (χ2v) is 22.4. The lowest BCUT2D eigenvalue weighted by Crippen LogP contribution is -2.30. The zero-order chi connectivity index (χ0) is 70.7. The van der Waals surface area contributed by atoms with E-state index < -0.39 is 7.12 Å². The molecule has 0 amide bonds. The second-order valence-electron chi connectivity index (χ2n) is 21.5. The van der Waals surface area contributed by atoms with Gasteiger partial charge in [-0.3, -0.25) is 36.6 Å². The number of hydrogen-bond acceptors (Lipinski definition) is 22. The summed E-state index contributed by atoms with van der Waals surface area (Å²) in [6, 6.07) is 55.6. The molecule has 0 aliphatic heterocycles. The number of nitrogen functional groups attached to an aromatic ring is 8. The van der Waals surface area contributed by atoms with Gasteiger partial charge in [0.15, 0.2) is 11.6 Å². The summed E-state index contributed by atoms with van der Waals surface area (Å²) in [4.78, 5) is 16.5. The average molecular weight is 1390 g/mol. The monoisotopic (exact) mass is 1390 g/mol. The van der Waals surface area contributed by atoms with Crippen molar-refractivity contribution in [1.29, 1.82) is 16.2 Å². The van der Waals surface area contributed by atoms with Crippen LogP contribution in [0.3, 0.4) is 0 Å². The maximum absolute atomic E-state index is 8.40. The van der Waals surface area contributed by atoms with E-state index in [1.807, 2.05) is 97.1 Å². The Hall–Kier alpha value is -13.9. The number of H-pyrrole nitrogens is 4. The number of benzene rings is 7. The maximum Gasteiger partial charge on any atom is 0.507 e. The molecule has 0 atom stereocenters. The topological polar surface area (TPSA) is 536 Å². The fourth-order valence-electron chi connectivity index (χ4n) is 9.38. The Morgan fingerprint density at radius 1 is 0.380 bits per heavy atom. The van der Waals surface area contributed by atoms with Crippen molar-refractivity contribution >= 4 is 141 Å². The number of halogens is 1. The summed E-state index contributed by atoms with van der Waals surface area (Å²) in [5, 5.41) is 90.4. The Morgan fingerprint density at radius 2 is 0.750 bits per heavy atom. The molecule has 0 saturated carbocycles. The molecule has 0 aliphatic carbocycles. The number of anilines is 5. The van der Waals surface area contributed by atoms with E-state index in [0.717, 1.165) is 81.3 Å². The molecule has 15 aromatic rings. The van der Waals surface area contributed by atoms with Crippen LogP contribution in [0.15, 0.2) is 256 Å². The lowest BCUT2D eigenvalue weighted by atomic mass is 9.87. The lowest BCUT2D eigenvalue weighted by Gasteiger charge is -2.06. The van der Waals surface area contributed by atoms with Crippen molar-refractivity contribution in [3.8, 4) is 33.8 Å².